The molecule has 0 radical (unpaired) electrons. The molecular formula is C21H19N3O3S. The third-order valence-electron chi connectivity index (χ3n) is 5.09. The number of ether oxygens (including phenoxy) is 1. The van der Waals surface area contributed by atoms with Crippen LogP contribution in [0.3, 0.4) is 0 Å². The van der Waals surface area contributed by atoms with Crippen LogP contribution >= 0.6 is 11.3 Å². The molecule has 0 saturated carbocycles. The van der Waals surface area contributed by atoms with Gasteiger partial charge in [-0.2, -0.15) is 0 Å². The lowest BCUT2D eigenvalue weighted by Crippen LogP contribution is -2.23. The first-order valence-electron chi connectivity index (χ1n) is 8.84. The van der Waals surface area contributed by atoms with Crippen molar-refractivity contribution in [3.05, 3.63) is 68.2 Å². The van der Waals surface area contributed by atoms with Gasteiger partial charge in [-0.1, -0.05) is 18.2 Å². The van der Waals surface area contributed by atoms with Crippen LogP contribution in [-0.2, 0) is 11.3 Å². The predicted octanol–water partition coefficient (Wildman–Crippen LogP) is 3.77. The van der Waals surface area contributed by atoms with Gasteiger partial charge in [0.1, 0.15) is 4.83 Å². The summed E-state index contributed by atoms with van der Waals surface area (Å²) in [6.45, 7) is 5.93. The minimum Gasteiger partial charge on any atom is -0.465 e. The molecule has 0 atom stereocenters. The maximum Gasteiger partial charge on any atom is 0.340 e. The Hall–Kier alpha value is -3.06. The molecule has 0 N–H and O–H groups in total. The molecule has 0 amide bonds. The van der Waals surface area contributed by atoms with Crippen molar-refractivity contribution in [3.8, 4) is 0 Å². The highest BCUT2D eigenvalue weighted by Crippen LogP contribution is 2.27. The number of benzene rings is 1. The average Bonchev–Trinajstić information content (AvgIpc) is 2.98. The summed E-state index contributed by atoms with van der Waals surface area (Å²) in [6, 6.07) is 7.62. The Balaban J connectivity index is 1.94. The van der Waals surface area contributed by atoms with E-state index >= 15 is 0 Å². The average molecular weight is 393 g/mol. The lowest BCUT2D eigenvalue weighted by molar-refractivity contribution is 0.0598. The van der Waals surface area contributed by atoms with Crippen LogP contribution in [0, 0.1) is 20.8 Å². The van der Waals surface area contributed by atoms with Crippen molar-refractivity contribution in [2.24, 2.45) is 0 Å². The number of aryl methyl sites for hydroxylation is 3. The number of carbonyl (C=O) groups is 1. The molecule has 0 bridgehead atoms. The number of thiophene rings is 1. The van der Waals surface area contributed by atoms with E-state index in [0.717, 1.165) is 31.7 Å². The second kappa shape index (κ2) is 6.83. The summed E-state index contributed by atoms with van der Waals surface area (Å²) in [5.41, 5.74) is 3.27. The van der Waals surface area contributed by atoms with E-state index in [1.165, 1.54) is 29.3 Å². The summed E-state index contributed by atoms with van der Waals surface area (Å²) in [6.07, 6.45) is 1.52. The van der Waals surface area contributed by atoms with Gasteiger partial charge in [0.2, 0.25) is 0 Å². The zero-order chi connectivity index (χ0) is 20.0. The summed E-state index contributed by atoms with van der Waals surface area (Å²) in [5.74, 6) is -0.463. The van der Waals surface area contributed by atoms with Crippen molar-refractivity contribution in [2.45, 2.75) is 27.3 Å². The number of methoxy groups -OCH3 is 1. The molecule has 0 unspecified atom stereocenters. The summed E-state index contributed by atoms with van der Waals surface area (Å²) in [7, 11) is 1.35. The van der Waals surface area contributed by atoms with Crippen molar-refractivity contribution in [1.82, 2.24) is 14.5 Å². The molecular weight excluding hydrogens is 374 g/mol. The molecule has 0 aliphatic carbocycles. The van der Waals surface area contributed by atoms with Crippen molar-refractivity contribution in [3.63, 3.8) is 0 Å². The van der Waals surface area contributed by atoms with Gasteiger partial charge in [-0.25, -0.2) is 14.8 Å². The molecule has 0 spiro atoms. The molecule has 3 aromatic heterocycles. The number of para-hydroxylation sites is 1. The zero-order valence-electron chi connectivity index (χ0n) is 16.1. The number of rotatable bonds is 3. The van der Waals surface area contributed by atoms with Gasteiger partial charge in [-0.3, -0.25) is 9.36 Å². The first-order valence-corrected chi connectivity index (χ1v) is 9.65. The Morgan fingerprint density at radius 3 is 2.68 bits per heavy atom. The first kappa shape index (κ1) is 18.3. The van der Waals surface area contributed by atoms with Crippen LogP contribution in [0.15, 0.2) is 35.4 Å². The molecule has 6 nitrogen and oxygen atoms in total. The van der Waals surface area contributed by atoms with E-state index in [2.05, 4.69) is 9.97 Å². The summed E-state index contributed by atoms with van der Waals surface area (Å²) in [5, 5.41) is 1.51. The topological polar surface area (TPSA) is 74.1 Å². The summed E-state index contributed by atoms with van der Waals surface area (Å²) in [4.78, 5) is 36.4. The molecule has 4 aromatic rings. The minimum atomic E-state index is -0.463. The summed E-state index contributed by atoms with van der Waals surface area (Å²) < 4.78 is 6.49. The molecule has 142 valence electrons. The highest BCUT2D eigenvalue weighted by molar-refractivity contribution is 7.18. The van der Waals surface area contributed by atoms with Crippen LogP contribution in [0.25, 0.3) is 21.1 Å². The monoisotopic (exact) mass is 393 g/mol. The van der Waals surface area contributed by atoms with Crippen molar-refractivity contribution in [1.29, 1.82) is 0 Å². The van der Waals surface area contributed by atoms with Crippen LogP contribution in [0.4, 0.5) is 0 Å². The maximum absolute atomic E-state index is 13.1. The van der Waals surface area contributed by atoms with Gasteiger partial charge in [0, 0.05) is 10.3 Å². The van der Waals surface area contributed by atoms with Crippen LogP contribution in [-0.4, -0.2) is 27.6 Å². The van der Waals surface area contributed by atoms with E-state index < -0.39 is 5.97 Å². The SMILES string of the molecule is COC(=O)c1c(Cn2cnc3sc(C)c(C)c3c2=O)nc2ccccc2c1C. The number of hydrogen-bond acceptors (Lipinski definition) is 6. The largest absolute Gasteiger partial charge is 0.465 e. The third-order valence-corrected chi connectivity index (χ3v) is 6.21. The second-order valence-corrected chi connectivity index (χ2v) is 7.91. The Morgan fingerprint density at radius 2 is 1.93 bits per heavy atom. The quantitative estimate of drug-likeness (QED) is 0.496. The smallest absolute Gasteiger partial charge is 0.340 e. The van der Waals surface area contributed by atoms with E-state index in [9.17, 15) is 9.59 Å². The highest BCUT2D eigenvalue weighted by Gasteiger charge is 2.21. The van der Waals surface area contributed by atoms with E-state index in [-0.39, 0.29) is 12.1 Å². The second-order valence-electron chi connectivity index (χ2n) is 6.71. The fraction of sp³-hybridized carbons (Fsp3) is 0.238. The summed E-state index contributed by atoms with van der Waals surface area (Å²) >= 11 is 1.51. The van der Waals surface area contributed by atoms with E-state index in [1.54, 1.807) is 0 Å². The van der Waals surface area contributed by atoms with Crippen LogP contribution in [0.1, 0.15) is 32.1 Å². The first-order chi connectivity index (χ1) is 13.4. The van der Waals surface area contributed by atoms with Gasteiger partial charge in [-0.15, -0.1) is 11.3 Å². The number of hydrogen-bond donors (Lipinski definition) is 0. The van der Waals surface area contributed by atoms with E-state index in [0.29, 0.717) is 16.6 Å². The molecule has 0 aliphatic rings. The number of pyridine rings is 1. The molecule has 7 heteroatoms. The lowest BCUT2D eigenvalue weighted by atomic mass is 10.0. The van der Waals surface area contributed by atoms with Gasteiger partial charge in [-0.05, 0) is 38.0 Å². The van der Waals surface area contributed by atoms with Gasteiger partial charge in [0.15, 0.2) is 0 Å². The Kier molecular flexibility index (Phi) is 4.47. The van der Waals surface area contributed by atoms with Crippen molar-refractivity contribution in [2.75, 3.05) is 7.11 Å². The Morgan fingerprint density at radius 1 is 1.18 bits per heavy atom. The number of aromatic nitrogens is 3. The fourth-order valence-corrected chi connectivity index (χ4v) is 4.46. The van der Waals surface area contributed by atoms with Gasteiger partial charge < -0.3 is 4.74 Å². The van der Waals surface area contributed by atoms with Crippen LogP contribution in [0.5, 0.6) is 0 Å². The lowest BCUT2D eigenvalue weighted by Gasteiger charge is -2.14. The minimum absolute atomic E-state index is 0.129. The van der Waals surface area contributed by atoms with Crippen molar-refractivity contribution < 1.29 is 9.53 Å². The van der Waals surface area contributed by atoms with Crippen LogP contribution in [0.2, 0.25) is 0 Å². The highest BCUT2D eigenvalue weighted by atomic mass is 32.1. The maximum atomic E-state index is 13.1. The number of esters is 1. The third kappa shape index (κ3) is 2.79. The fourth-order valence-electron chi connectivity index (χ4n) is 3.47. The van der Waals surface area contributed by atoms with Crippen LogP contribution < -0.4 is 5.56 Å². The zero-order valence-corrected chi connectivity index (χ0v) is 16.9. The number of nitrogens with zero attached hydrogens (tertiary/aromatic N) is 3. The predicted molar refractivity (Wildman–Crippen MR) is 110 cm³/mol. The molecule has 4 rings (SSSR count). The molecule has 1 aromatic carbocycles. The molecule has 28 heavy (non-hydrogen) atoms. The Labute approximate surface area is 165 Å². The molecule has 0 aliphatic heterocycles. The van der Waals surface area contributed by atoms with Gasteiger partial charge in [0.25, 0.3) is 5.56 Å². The normalized spacial score (nSPS) is 11.3. The van der Waals surface area contributed by atoms with Gasteiger partial charge in [0.05, 0.1) is 42.1 Å². The van der Waals surface area contributed by atoms with E-state index in [4.69, 9.17) is 4.74 Å². The van der Waals surface area contributed by atoms with Gasteiger partial charge >= 0.3 is 5.97 Å². The molecule has 3 heterocycles. The van der Waals surface area contributed by atoms with Crippen molar-refractivity contribution >= 4 is 38.4 Å². The van der Waals surface area contributed by atoms with E-state index in [1.807, 2.05) is 45.0 Å². The standard InChI is InChI=1S/C21H19N3O3S/c1-11-13(3)28-19-18(11)20(25)24(10-22-19)9-16-17(21(26)27-4)12(2)14-7-5-6-8-15(14)23-16/h5-8,10H,9H2,1-4H3. The molecule has 0 fully saturated rings. The number of fused-ring (bicyclic) bond motifs is 2. The Bertz CT molecular complexity index is 1300. The molecule has 0 saturated heterocycles. The number of carbonyl (C=O) groups excluding carboxylic acids is 1.